The van der Waals surface area contributed by atoms with Gasteiger partial charge in [-0.25, -0.2) is 0 Å². The van der Waals surface area contributed by atoms with Crippen molar-refractivity contribution < 1.29 is 0 Å². The third kappa shape index (κ3) is 5.68. The molecular weight excluding hydrogens is 222 g/mol. The van der Waals surface area contributed by atoms with Crippen LogP contribution >= 0.6 is 0 Å². The fourth-order valence-corrected chi connectivity index (χ4v) is 2.88. The molecule has 0 amide bonds. The molecule has 2 unspecified atom stereocenters. The SMILES string of the molecule is CC(CCNC(C)(C)C)N1CCCC1CN(C)C. The predicted octanol–water partition coefficient (Wildman–Crippen LogP) is 2.18. The third-order valence-corrected chi connectivity index (χ3v) is 3.78. The molecule has 1 aliphatic rings. The Bertz CT molecular complexity index is 232. The van der Waals surface area contributed by atoms with Crippen molar-refractivity contribution in [1.82, 2.24) is 15.1 Å². The van der Waals surface area contributed by atoms with Crippen molar-refractivity contribution in [2.45, 2.75) is 64.6 Å². The molecule has 1 fully saturated rings. The lowest BCUT2D eigenvalue weighted by Gasteiger charge is -2.33. The summed E-state index contributed by atoms with van der Waals surface area (Å²) in [7, 11) is 4.37. The number of nitrogens with zero attached hydrogens (tertiary/aromatic N) is 2. The normalized spacial score (nSPS) is 23.8. The van der Waals surface area contributed by atoms with Crippen LogP contribution in [0.25, 0.3) is 0 Å². The van der Waals surface area contributed by atoms with Gasteiger partial charge < -0.3 is 10.2 Å². The summed E-state index contributed by atoms with van der Waals surface area (Å²) in [6.07, 6.45) is 3.99. The summed E-state index contributed by atoms with van der Waals surface area (Å²) in [5.41, 5.74) is 0.244. The number of hydrogen-bond acceptors (Lipinski definition) is 3. The van der Waals surface area contributed by atoms with Crippen molar-refractivity contribution in [1.29, 1.82) is 0 Å². The second-order valence-corrected chi connectivity index (χ2v) is 7.11. The molecule has 1 heterocycles. The molecule has 3 nitrogen and oxygen atoms in total. The van der Waals surface area contributed by atoms with Gasteiger partial charge in [0.1, 0.15) is 0 Å². The number of nitrogens with one attached hydrogen (secondary N) is 1. The van der Waals surface area contributed by atoms with Gasteiger partial charge in [0.25, 0.3) is 0 Å². The number of rotatable bonds is 6. The molecule has 0 aliphatic carbocycles. The summed E-state index contributed by atoms with van der Waals surface area (Å²) < 4.78 is 0. The molecule has 0 spiro atoms. The first-order chi connectivity index (χ1) is 8.29. The van der Waals surface area contributed by atoms with Crippen molar-refractivity contribution >= 4 is 0 Å². The molecule has 18 heavy (non-hydrogen) atoms. The molecule has 0 aromatic heterocycles. The van der Waals surface area contributed by atoms with Gasteiger partial charge in [0, 0.05) is 24.2 Å². The van der Waals surface area contributed by atoms with Crippen LogP contribution in [0, 0.1) is 0 Å². The van der Waals surface area contributed by atoms with E-state index in [1.807, 2.05) is 0 Å². The molecule has 0 saturated carbocycles. The van der Waals surface area contributed by atoms with Gasteiger partial charge in [0.05, 0.1) is 0 Å². The molecule has 1 saturated heterocycles. The monoisotopic (exact) mass is 255 g/mol. The minimum Gasteiger partial charge on any atom is -0.312 e. The summed E-state index contributed by atoms with van der Waals surface area (Å²) in [4.78, 5) is 5.04. The minimum absolute atomic E-state index is 0.244. The number of hydrogen-bond donors (Lipinski definition) is 1. The molecule has 0 aromatic rings. The average molecular weight is 255 g/mol. The Morgan fingerprint density at radius 3 is 2.56 bits per heavy atom. The summed E-state index contributed by atoms with van der Waals surface area (Å²) in [6.45, 7) is 12.7. The van der Waals surface area contributed by atoms with Gasteiger partial charge in [-0.2, -0.15) is 0 Å². The zero-order valence-corrected chi connectivity index (χ0v) is 13.3. The summed E-state index contributed by atoms with van der Waals surface area (Å²) >= 11 is 0. The molecule has 0 radical (unpaired) electrons. The van der Waals surface area contributed by atoms with E-state index in [9.17, 15) is 0 Å². The van der Waals surface area contributed by atoms with Gasteiger partial charge in [-0.05, 0) is 74.1 Å². The summed E-state index contributed by atoms with van der Waals surface area (Å²) in [5.74, 6) is 0. The van der Waals surface area contributed by atoms with Gasteiger partial charge in [-0.15, -0.1) is 0 Å². The first kappa shape index (κ1) is 15.9. The van der Waals surface area contributed by atoms with Gasteiger partial charge in [0.15, 0.2) is 0 Å². The number of likely N-dealkylation sites (N-methyl/N-ethyl adjacent to an activating group) is 1. The van der Waals surface area contributed by atoms with Gasteiger partial charge in [-0.1, -0.05) is 0 Å². The highest BCUT2D eigenvalue weighted by molar-refractivity contribution is 4.85. The average Bonchev–Trinajstić information content (AvgIpc) is 2.62. The van der Waals surface area contributed by atoms with Crippen LogP contribution in [0.15, 0.2) is 0 Å². The molecule has 1 rings (SSSR count). The second kappa shape index (κ2) is 6.88. The van der Waals surface area contributed by atoms with Gasteiger partial charge in [0.2, 0.25) is 0 Å². The number of likely N-dealkylation sites (tertiary alicyclic amines) is 1. The molecule has 0 bridgehead atoms. The van der Waals surface area contributed by atoms with E-state index in [-0.39, 0.29) is 5.54 Å². The quantitative estimate of drug-likeness (QED) is 0.785. The van der Waals surface area contributed by atoms with E-state index in [0.29, 0.717) is 6.04 Å². The molecular formula is C15H33N3. The fraction of sp³-hybridized carbons (Fsp3) is 1.00. The van der Waals surface area contributed by atoms with Crippen molar-refractivity contribution in [2.75, 3.05) is 33.7 Å². The maximum absolute atomic E-state index is 3.59. The van der Waals surface area contributed by atoms with Gasteiger partial charge >= 0.3 is 0 Å². The maximum atomic E-state index is 3.59. The van der Waals surface area contributed by atoms with Crippen LogP contribution in [-0.2, 0) is 0 Å². The lowest BCUT2D eigenvalue weighted by molar-refractivity contribution is 0.153. The first-order valence-corrected chi connectivity index (χ1v) is 7.45. The summed E-state index contributed by atoms with van der Waals surface area (Å²) in [6, 6.07) is 1.47. The Hall–Kier alpha value is -0.120. The minimum atomic E-state index is 0.244. The Labute approximate surface area is 114 Å². The largest absolute Gasteiger partial charge is 0.312 e. The topological polar surface area (TPSA) is 18.5 Å². The van der Waals surface area contributed by atoms with Crippen molar-refractivity contribution in [3.63, 3.8) is 0 Å². The Kier molecular flexibility index (Phi) is 6.09. The lowest BCUT2D eigenvalue weighted by atomic mass is 10.1. The Morgan fingerprint density at radius 2 is 2.00 bits per heavy atom. The lowest BCUT2D eigenvalue weighted by Crippen LogP contribution is -2.45. The van der Waals surface area contributed by atoms with Crippen molar-refractivity contribution in [3.05, 3.63) is 0 Å². The molecule has 1 aliphatic heterocycles. The van der Waals surface area contributed by atoms with E-state index in [1.54, 1.807) is 0 Å². The molecule has 108 valence electrons. The van der Waals surface area contributed by atoms with E-state index in [0.717, 1.165) is 12.6 Å². The summed E-state index contributed by atoms with van der Waals surface area (Å²) in [5, 5.41) is 3.59. The van der Waals surface area contributed by atoms with Crippen LogP contribution in [0.2, 0.25) is 0 Å². The molecule has 2 atom stereocenters. The van der Waals surface area contributed by atoms with Crippen LogP contribution in [0.5, 0.6) is 0 Å². The highest BCUT2D eigenvalue weighted by Crippen LogP contribution is 2.21. The maximum Gasteiger partial charge on any atom is 0.0226 e. The van der Waals surface area contributed by atoms with Crippen LogP contribution < -0.4 is 5.32 Å². The van der Waals surface area contributed by atoms with Crippen LogP contribution in [0.4, 0.5) is 0 Å². The zero-order chi connectivity index (χ0) is 13.8. The Morgan fingerprint density at radius 1 is 1.33 bits per heavy atom. The zero-order valence-electron chi connectivity index (χ0n) is 13.3. The third-order valence-electron chi connectivity index (χ3n) is 3.78. The molecule has 0 aromatic carbocycles. The van der Waals surface area contributed by atoms with E-state index in [4.69, 9.17) is 0 Å². The van der Waals surface area contributed by atoms with Gasteiger partial charge in [-0.3, -0.25) is 4.90 Å². The van der Waals surface area contributed by atoms with E-state index < -0.39 is 0 Å². The fourth-order valence-electron chi connectivity index (χ4n) is 2.88. The molecule has 3 heteroatoms. The van der Waals surface area contributed by atoms with E-state index in [1.165, 1.54) is 32.4 Å². The van der Waals surface area contributed by atoms with E-state index >= 15 is 0 Å². The van der Waals surface area contributed by atoms with Crippen LogP contribution in [0.1, 0.15) is 47.0 Å². The highest BCUT2D eigenvalue weighted by Gasteiger charge is 2.28. The smallest absolute Gasteiger partial charge is 0.0226 e. The molecule has 1 N–H and O–H groups in total. The van der Waals surface area contributed by atoms with Crippen LogP contribution in [-0.4, -0.2) is 61.2 Å². The standard InChI is InChI=1S/C15H33N3/c1-13(9-10-16-15(2,3)4)18-11-7-8-14(18)12-17(5)6/h13-14,16H,7-12H2,1-6H3. The van der Waals surface area contributed by atoms with Crippen molar-refractivity contribution in [2.24, 2.45) is 0 Å². The predicted molar refractivity (Wildman–Crippen MR) is 80.1 cm³/mol. The Balaban J connectivity index is 2.33. The van der Waals surface area contributed by atoms with Crippen LogP contribution in [0.3, 0.4) is 0 Å². The van der Waals surface area contributed by atoms with Crippen molar-refractivity contribution in [3.8, 4) is 0 Å². The first-order valence-electron chi connectivity index (χ1n) is 7.45. The second-order valence-electron chi connectivity index (χ2n) is 7.11. The van der Waals surface area contributed by atoms with E-state index in [2.05, 4.69) is 56.9 Å². The highest BCUT2D eigenvalue weighted by atomic mass is 15.2.